The second-order valence-electron chi connectivity index (χ2n) is 4.25. The Kier molecular flexibility index (Phi) is 3.74. The highest BCUT2D eigenvalue weighted by Gasteiger charge is 2.29. The molecule has 0 bridgehead atoms. The highest BCUT2D eigenvalue weighted by molar-refractivity contribution is 7.90. The molecular weight excluding hydrogens is 270 g/mol. The van der Waals surface area contributed by atoms with E-state index in [1.807, 2.05) is 12.1 Å². The average Bonchev–Trinajstić information content (AvgIpc) is 2.80. The maximum atomic E-state index is 12.1. The Hall–Kier alpha value is -1.64. The van der Waals surface area contributed by atoms with Crippen molar-refractivity contribution in [3.05, 3.63) is 29.8 Å². The number of hydrogen-bond acceptors (Lipinski definition) is 4. The second kappa shape index (κ2) is 5.16. The molecule has 0 saturated heterocycles. The number of nitrogens with two attached hydrogens (primary N) is 1. The summed E-state index contributed by atoms with van der Waals surface area (Å²) in [5, 5.41) is 8.63. The van der Waals surface area contributed by atoms with Gasteiger partial charge in [-0.1, -0.05) is 18.2 Å². The number of carboxylic acid groups (broad SMARTS) is 1. The van der Waals surface area contributed by atoms with E-state index < -0.39 is 22.2 Å². The van der Waals surface area contributed by atoms with Gasteiger partial charge in [0.2, 0.25) is 0 Å². The van der Waals surface area contributed by atoms with Gasteiger partial charge in [0, 0.05) is 13.1 Å². The Morgan fingerprint density at radius 2 is 2.16 bits per heavy atom. The molecule has 0 radical (unpaired) electrons. The lowest BCUT2D eigenvalue weighted by Gasteiger charge is -2.20. The molecule has 1 aliphatic rings. The number of aliphatic carboxylic acids is 1. The van der Waals surface area contributed by atoms with Crippen LogP contribution >= 0.6 is 0 Å². The van der Waals surface area contributed by atoms with E-state index in [0.717, 1.165) is 5.56 Å². The van der Waals surface area contributed by atoms with Gasteiger partial charge in [-0.2, -0.15) is 13.1 Å². The summed E-state index contributed by atoms with van der Waals surface area (Å²) in [5.41, 5.74) is 6.85. The van der Waals surface area contributed by atoms with Gasteiger partial charge in [0.1, 0.15) is 6.04 Å². The summed E-state index contributed by atoms with van der Waals surface area (Å²) in [6.07, 6.45) is 0.641. The van der Waals surface area contributed by atoms with Gasteiger partial charge < -0.3 is 10.8 Å². The summed E-state index contributed by atoms with van der Waals surface area (Å²) in [5.74, 6) is -1.25. The summed E-state index contributed by atoms with van der Waals surface area (Å²) in [6.45, 7) is 0.00726. The van der Waals surface area contributed by atoms with Gasteiger partial charge in [-0.3, -0.25) is 9.10 Å². The van der Waals surface area contributed by atoms with Gasteiger partial charge in [-0.05, 0) is 18.1 Å². The highest BCUT2D eigenvalue weighted by atomic mass is 32.2. The molecule has 1 heterocycles. The van der Waals surface area contributed by atoms with Crippen molar-refractivity contribution < 1.29 is 18.3 Å². The highest BCUT2D eigenvalue weighted by Crippen LogP contribution is 2.29. The van der Waals surface area contributed by atoms with Crippen molar-refractivity contribution in [2.24, 2.45) is 5.73 Å². The van der Waals surface area contributed by atoms with Crippen LogP contribution in [0, 0.1) is 0 Å². The average molecular weight is 285 g/mol. The van der Waals surface area contributed by atoms with Crippen LogP contribution in [0.1, 0.15) is 5.56 Å². The maximum absolute atomic E-state index is 12.1. The van der Waals surface area contributed by atoms with Gasteiger partial charge in [-0.15, -0.1) is 0 Å². The van der Waals surface area contributed by atoms with Crippen LogP contribution in [0.25, 0.3) is 0 Å². The lowest BCUT2D eigenvalue weighted by molar-refractivity contribution is -0.138. The number of hydrogen-bond donors (Lipinski definition) is 3. The molecule has 1 aliphatic heterocycles. The van der Waals surface area contributed by atoms with Crippen LogP contribution in [-0.4, -0.2) is 38.6 Å². The smallest absolute Gasteiger partial charge is 0.321 e. The van der Waals surface area contributed by atoms with Gasteiger partial charge in [-0.25, -0.2) is 0 Å². The number of benzene rings is 1. The fourth-order valence-electron chi connectivity index (χ4n) is 1.92. The minimum absolute atomic E-state index is 0.337. The summed E-state index contributed by atoms with van der Waals surface area (Å²) >= 11 is 0. The number of para-hydroxylation sites is 1. The number of nitrogens with one attached hydrogen (secondary N) is 1. The predicted octanol–water partition coefficient (Wildman–Crippen LogP) is -0.705. The Balaban J connectivity index is 2.12. The Morgan fingerprint density at radius 1 is 1.47 bits per heavy atom. The topological polar surface area (TPSA) is 113 Å². The molecule has 4 N–H and O–H groups in total. The molecule has 19 heavy (non-hydrogen) atoms. The van der Waals surface area contributed by atoms with E-state index >= 15 is 0 Å². The van der Waals surface area contributed by atoms with Gasteiger partial charge in [0.15, 0.2) is 0 Å². The summed E-state index contributed by atoms with van der Waals surface area (Å²) in [6, 6.07) is 5.94. The number of rotatable bonds is 5. The molecule has 7 nitrogen and oxygen atoms in total. The van der Waals surface area contributed by atoms with Crippen LogP contribution in [0.4, 0.5) is 5.69 Å². The first-order valence-electron chi connectivity index (χ1n) is 5.75. The number of anilines is 1. The van der Waals surface area contributed by atoms with Crippen LogP contribution in [0.3, 0.4) is 0 Å². The monoisotopic (exact) mass is 285 g/mol. The van der Waals surface area contributed by atoms with E-state index in [4.69, 9.17) is 10.8 Å². The van der Waals surface area contributed by atoms with E-state index in [0.29, 0.717) is 18.7 Å². The largest absolute Gasteiger partial charge is 0.480 e. The lowest BCUT2D eigenvalue weighted by Crippen LogP contribution is -2.47. The summed E-state index contributed by atoms with van der Waals surface area (Å²) in [7, 11) is -3.76. The normalized spacial score (nSPS) is 16.2. The number of carboxylic acids is 1. The van der Waals surface area contributed by atoms with E-state index in [2.05, 4.69) is 4.72 Å². The number of fused-ring (bicyclic) bond motifs is 1. The fraction of sp³-hybridized carbons (Fsp3) is 0.364. The van der Waals surface area contributed by atoms with E-state index in [1.54, 1.807) is 12.1 Å². The zero-order valence-corrected chi connectivity index (χ0v) is 10.9. The molecule has 0 saturated carbocycles. The van der Waals surface area contributed by atoms with Gasteiger partial charge >= 0.3 is 16.2 Å². The van der Waals surface area contributed by atoms with Crippen LogP contribution < -0.4 is 14.8 Å². The number of carbonyl (C=O) groups is 1. The van der Waals surface area contributed by atoms with E-state index in [-0.39, 0.29) is 6.54 Å². The first-order chi connectivity index (χ1) is 8.92. The molecule has 1 aromatic rings. The molecule has 0 amide bonds. The molecule has 104 valence electrons. The van der Waals surface area contributed by atoms with Gasteiger partial charge in [0.05, 0.1) is 5.69 Å². The van der Waals surface area contributed by atoms with Crippen molar-refractivity contribution in [1.82, 2.24) is 4.72 Å². The van der Waals surface area contributed by atoms with Crippen LogP contribution in [0.15, 0.2) is 24.3 Å². The van der Waals surface area contributed by atoms with Crippen LogP contribution in [0.2, 0.25) is 0 Å². The molecule has 1 atom stereocenters. The van der Waals surface area contributed by atoms with E-state index in [1.165, 1.54) is 4.31 Å². The van der Waals surface area contributed by atoms with Crippen molar-refractivity contribution in [2.75, 3.05) is 17.4 Å². The van der Waals surface area contributed by atoms with Crippen molar-refractivity contribution in [3.8, 4) is 0 Å². The standard InChI is InChI=1S/C11H15N3O4S/c12-9(11(15)16)7-13-19(17,18)14-6-5-8-3-1-2-4-10(8)14/h1-4,9,13H,5-7,12H2,(H,15,16). The second-order valence-corrected chi connectivity index (χ2v) is 5.93. The molecule has 0 aromatic heterocycles. The third kappa shape index (κ3) is 2.86. The first kappa shape index (κ1) is 13.8. The van der Waals surface area contributed by atoms with Gasteiger partial charge in [0.25, 0.3) is 0 Å². The predicted molar refractivity (Wildman–Crippen MR) is 70.0 cm³/mol. The van der Waals surface area contributed by atoms with Crippen LogP contribution in [-0.2, 0) is 21.4 Å². The summed E-state index contributed by atoms with van der Waals surface area (Å²) < 4.78 is 27.6. The molecule has 0 fully saturated rings. The molecule has 2 rings (SSSR count). The van der Waals surface area contributed by atoms with Crippen molar-refractivity contribution in [1.29, 1.82) is 0 Å². The maximum Gasteiger partial charge on any atom is 0.321 e. The molecule has 1 aromatic carbocycles. The third-order valence-electron chi connectivity index (χ3n) is 2.94. The molecule has 0 aliphatic carbocycles. The Bertz CT molecular complexity index is 587. The minimum Gasteiger partial charge on any atom is -0.480 e. The van der Waals surface area contributed by atoms with E-state index in [9.17, 15) is 13.2 Å². The SMILES string of the molecule is NC(CNS(=O)(=O)N1CCc2ccccc21)C(=O)O. The lowest BCUT2D eigenvalue weighted by atomic mass is 10.2. The van der Waals surface area contributed by atoms with Crippen molar-refractivity contribution in [2.45, 2.75) is 12.5 Å². The Labute approximate surface area is 111 Å². The zero-order chi connectivity index (χ0) is 14.0. The molecule has 0 spiro atoms. The quantitative estimate of drug-likeness (QED) is 0.662. The third-order valence-corrected chi connectivity index (χ3v) is 4.43. The summed E-state index contributed by atoms with van der Waals surface area (Å²) in [4.78, 5) is 10.6. The molecule has 1 unspecified atom stereocenters. The number of nitrogens with zero attached hydrogens (tertiary/aromatic N) is 1. The van der Waals surface area contributed by atoms with Crippen molar-refractivity contribution in [3.63, 3.8) is 0 Å². The minimum atomic E-state index is -3.76. The Morgan fingerprint density at radius 3 is 2.84 bits per heavy atom. The fourth-order valence-corrected chi connectivity index (χ4v) is 3.23. The van der Waals surface area contributed by atoms with Crippen molar-refractivity contribution >= 4 is 21.9 Å². The van der Waals surface area contributed by atoms with Crippen LogP contribution in [0.5, 0.6) is 0 Å². The molecule has 8 heteroatoms. The first-order valence-corrected chi connectivity index (χ1v) is 7.19. The zero-order valence-electron chi connectivity index (χ0n) is 10.1. The molecular formula is C11H15N3O4S.